The Balaban J connectivity index is 1.61. The van der Waals surface area contributed by atoms with Crippen LogP contribution in [-0.2, 0) is 16.1 Å². The van der Waals surface area contributed by atoms with Crippen LogP contribution in [0, 0.1) is 0 Å². The van der Waals surface area contributed by atoms with Crippen LogP contribution in [0.1, 0.15) is 46.4 Å². The molecule has 2 aromatic carbocycles. The number of methoxy groups -OCH3 is 2. The lowest BCUT2D eigenvalue weighted by atomic mass is 10.2. The summed E-state index contributed by atoms with van der Waals surface area (Å²) in [5, 5.41) is 14.7. The zero-order valence-electron chi connectivity index (χ0n) is 19.9. The molecule has 0 saturated carbocycles. The molecular formula is C24H27N5O5S. The number of thioether (sulfide) groups is 1. The Labute approximate surface area is 207 Å². The van der Waals surface area contributed by atoms with E-state index in [9.17, 15) is 14.4 Å². The molecular weight excluding hydrogens is 470 g/mol. The van der Waals surface area contributed by atoms with Gasteiger partial charge in [0.15, 0.2) is 11.0 Å². The molecule has 0 fully saturated rings. The van der Waals surface area contributed by atoms with Gasteiger partial charge in [-0.1, -0.05) is 17.8 Å². The van der Waals surface area contributed by atoms with Crippen LogP contribution >= 0.6 is 11.8 Å². The third-order valence-electron chi connectivity index (χ3n) is 5.05. The molecule has 0 aliphatic rings. The van der Waals surface area contributed by atoms with Gasteiger partial charge in [-0.2, -0.15) is 0 Å². The number of benzene rings is 2. The predicted octanol–water partition coefficient (Wildman–Crippen LogP) is 3.32. The second-order valence-corrected chi connectivity index (χ2v) is 8.36. The normalized spacial score (nSPS) is 11.4. The summed E-state index contributed by atoms with van der Waals surface area (Å²) in [6.45, 7) is 4.33. The largest absolute Gasteiger partial charge is 0.497 e. The number of anilines is 1. The van der Waals surface area contributed by atoms with Crippen LogP contribution in [-0.4, -0.2) is 52.5 Å². The first-order chi connectivity index (χ1) is 16.9. The van der Waals surface area contributed by atoms with E-state index >= 15 is 0 Å². The Morgan fingerprint density at radius 1 is 1.06 bits per heavy atom. The first-order valence-electron chi connectivity index (χ1n) is 10.8. The molecule has 0 aliphatic carbocycles. The van der Waals surface area contributed by atoms with Crippen LogP contribution in [0.15, 0.2) is 53.7 Å². The fourth-order valence-corrected chi connectivity index (χ4v) is 4.09. The van der Waals surface area contributed by atoms with E-state index < -0.39 is 12.0 Å². The highest BCUT2D eigenvalue weighted by Crippen LogP contribution is 2.22. The zero-order chi connectivity index (χ0) is 25.4. The first kappa shape index (κ1) is 25.8. The van der Waals surface area contributed by atoms with Crippen molar-refractivity contribution < 1.29 is 23.9 Å². The summed E-state index contributed by atoms with van der Waals surface area (Å²) in [6.07, 6.45) is 0. The van der Waals surface area contributed by atoms with E-state index in [0.29, 0.717) is 40.1 Å². The summed E-state index contributed by atoms with van der Waals surface area (Å²) in [5.41, 5.74) is 1.34. The van der Waals surface area contributed by atoms with Gasteiger partial charge in [0.2, 0.25) is 5.91 Å². The maximum Gasteiger partial charge on any atom is 0.337 e. The number of ether oxygens (including phenoxy) is 2. The minimum Gasteiger partial charge on any atom is -0.497 e. The Hall–Kier alpha value is -3.86. The molecule has 1 heterocycles. The van der Waals surface area contributed by atoms with E-state index in [2.05, 4.69) is 20.8 Å². The second-order valence-electron chi connectivity index (χ2n) is 7.42. The van der Waals surface area contributed by atoms with Crippen molar-refractivity contribution >= 4 is 35.2 Å². The first-order valence-corrected chi connectivity index (χ1v) is 11.8. The van der Waals surface area contributed by atoms with Gasteiger partial charge in [0, 0.05) is 17.8 Å². The Bertz CT molecular complexity index is 1200. The fraction of sp³-hybridized carbons (Fsp3) is 0.292. The SMILES string of the molecule is CCn1c(SCC(=O)Nc2cccc(C(=O)OC)c2)nnc1[C@H](C)NC(=O)c1ccc(OC)cc1. The van der Waals surface area contributed by atoms with Crippen molar-refractivity contribution in [3.8, 4) is 5.75 Å². The molecule has 0 bridgehead atoms. The lowest BCUT2D eigenvalue weighted by Gasteiger charge is -2.15. The van der Waals surface area contributed by atoms with Gasteiger partial charge < -0.3 is 24.7 Å². The van der Waals surface area contributed by atoms with Crippen molar-refractivity contribution in [2.45, 2.75) is 31.6 Å². The van der Waals surface area contributed by atoms with Crippen molar-refractivity contribution in [2.24, 2.45) is 0 Å². The zero-order valence-corrected chi connectivity index (χ0v) is 20.7. The third kappa shape index (κ3) is 6.60. The molecule has 0 saturated heterocycles. The lowest BCUT2D eigenvalue weighted by Crippen LogP contribution is -2.28. The lowest BCUT2D eigenvalue weighted by molar-refractivity contribution is -0.113. The molecule has 0 radical (unpaired) electrons. The Morgan fingerprint density at radius 3 is 2.46 bits per heavy atom. The van der Waals surface area contributed by atoms with Gasteiger partial charge in [0.1, 0.15) is 5.75 Å². The van der Waals surface area contributed by atoms with Gasteiger partial charge in [-0.15, -0.1) is 10.2 Å². The summed E-state index contributed by atoms with van der Waals surface area (Å²) >= 11 is 1.23. The number of nitrogens with one attached hydrogen (secondary N) is 2. The Morgan fingerprint density at radius 2 is 1.80 bits per heavy atom. The second kappa shape index (κ2) is 12.0. The standard InChI is InChI=1S/C24H27N5O5S/c1-5-29-21(15(2)25-22(31)16-9-11-19(33-3)12-10-16)27-28-24(29)35-14-20(30)26-18-8-6-7-17(13-18)23(32)34-4/h6-13,15H,5,14H2,1-4H3,(H,25,31)(H,26,30)/t15-/m0/s1. The van der Waals surface area contributed by atoms with Gasteiger partial charge in [0.25, 0.3) is 5.91 Å². The molecule has 1 aromatic heterocycles. The maximum atomic E-state index is 12.6. The molecule has 35 heavy (non-hydrogen) atoms. The summed E-state index contributed by atoms with van der Waals surface area (Å²) in [4.78, 5) is 36.7. The molecule has 2 amide bonds. The summed E-state index contributed by atoms with van der Waals surface area (Å²) in [5.74, 6) is 0.365. The number of amides is 2. The topological polar surface area (TPSA) is 124 Å². The van der Waals surface area contributed by atoms with E-state index in [1.807, 2.05) is 18.4 Å². The van der Waals surface area contributed by atoms with Crippen LogP contribution in [0.4, 0.5) is 5.69 Å². The van der Waals surface area contributed by atoms with E-state index in [1.54, 1.807) is 55.6 Å². The summed E-state index contributed by atoms with van der Waals surface area (Å²) in [7, 11) is 2.87. The van der Waals surface area contributed by atoms with Crippen LogP contribution in [0.5, 0.6) is 5.75 Å². The number of nitrogens with zero attached hydrogens (tertiary/aromatic N) is 3. The van der Waals surface area contributed by atoms with Crippen molar-refractivity contribution in [3.05, 3.63) is 65.5 Å². The third-order valence-corrected chi connectivity index (χ3v) is 6.02. The number of esters is 1. The van der Waals surface area contributed by atoms with Gasteiger partial charge in [-0.3, -0.25) is 9.59 Å². The van der Waals surface area contributed by atoms with Crippen molar-refractivity contribution in [3.63, 3.8) is 0 Å². The molecule has 10 nitrogen and oxygen atoms in total. The highest BCUT2D eigenvalue weighted by molar-refractivity contribution is 7.99. The number of aromatic nitrogens is 3. The maximum absolute atomic E-state index is 12.6. The van der Waals surface area contributed by atoms with Crippen LogP contribution in [0.25, 0.3) is 0 Å². The van der Waals surface area contributed by atoms with Gasteiger partial charge in [-0.25, -0.2) is 4.79 Å². The Kier molecular flexibility index (Phi) is 8.85. The molecule has 0 aliphatic heterocycles. The van der Waals surface area contributed by atoms with Gasteiger partial charge in [0.05, 0.1) is 31.6 Å². The van der Waals surface area contributed by atoms with Crippen molar-refractivity contribution in [1.29, 1.82) is 0 Å². The number of hydrogen-bond acceptors (Lipinski definition) is 8. The predicted molar refractivity (Wildman–Crippen MR) is 132 cm³/mol. The number of rotatable bonds is 10. The molecule has 184 valence electrons. The fourth-order valence-electron chi connectivity index (χ4n) is 3.28. The summed E-state index contributed by atoms with van der Waals surface area (Å²) in [6, 6.07) is 12.9. The average Bonchev–Trinajstić information content (AvgIpc) is 3.30. The van der Waals surface area contributed by atoms with E-state index in [4.69, 9.17) is 9.47 Å². The minimum absolute atomic E-state index is 0.0904. The average molecular weight is 498 g/mol. The van der Waals surface area contributed by atoms with Crippen molar-refractivity contribution in [2.75, 3.05) is 25.3 Å². The highest BCUT2D eigenvalue weighted by atomic mass is 32.2. The quantitative estimate of drug-likeness (QED) is 0.323. The molecule has 11 heteroatoms. The number of carbonyl (C=O) groups is 3. The van der Waals surface area contributed by atoms with E-state index in [1.165, 1.54) is 18.9 Å². The van der Waals surface area contributed by atoms with E-state index in [0.717, 1.165) is 0 Å². The number of hydrogen-bond donors (Lipinski definition) is 2. The van der Waals surface area contributed by atoms with Crippen LogP contribution in [0.2, 0.25) is 0 Å². The van der Waals surface area contributed by atoms with Gasteiger partial charge >= 0.3 is 5.97 Å². The smallest absolute Gasteiger partial charge is 0.337 e. The molecule has 3 rings (SSSR count). The minimum atomic E-state index is -0.479. The van der Waals surface area contributed by atoms with Crippen molar-refractivity contribution in [1.82, 2.24) is 20.1 Å². The van der Waals surface area contributed by atoms with Gasteiger partial charge in [-0.05, 0) is 56.3 Å². The monoisotopic (exact) mass is 497 g/mol. The molecule has 0 spiro atoms. The van der Waals surface area contributed by atoms with E-state index in [-0.39, 0.29) is 17.6 Å². The summed E-state index contributed by atoms with van der Waals surface area (Å²) < 4.78 is 11.7. The van der Waals surface area contributed by atoms with Crippen LogP contribution < -0.4 is 15.4 Å². The molecule has 3 aromatic rings. The molecule has 1 atom stereocenters. The molecule has 0 unspecified atom stereocenters. The molecule has 2 N–H and O–H groups in total. The number of carbonyl (C=O) groups excluding carboxylic acids is 3. The highest BCUT2D eigenvalue weighted by Gasteiger charge is 2.20. The van der Waals surface area contributed by atoms with Crippen LogP contribution in [0.3, 0.4) is 0 Å².